The summed E-state index contributed by atoms with van der Waals surface area (Å²) in [4.78, 5) is 22.6. The second-order valence-corrected chi connectivity index (χ2v) is 3.74. The average Bonchev–Trinajstić information content (AvgIpc) is 2.29. The van der Waals surface area contributed by atoms with Gasteiger partial charge >= 0.3 is 5.97 Å². The van der Waals surface area contributed by atoms with Crippen molar-refractivity contribution in [3.05, 3.63) is 0 Å². The second kappa shape index (κ2) is 8.27. The van der Waals surface area contributed by atoms with Crippen molar-refractivity contribution in [3.8, 4) is 0 Å². The zero-order valence-corrected chi connectivity index (χ0v) is 10.8. The third-order valence-corrected chi connectivity index (χ3v) is 2.36. The molecule has 6 nitrogen and oxygen atoms in total. The van der Waals surface area contributed by atoms with Crippen LogP contribution in [0.15, 0.2) is 0 Å². The maximum atomic E-state index is 11.5. The Balaban J connectivity index is 0.00000256. The molecule has 1 heterocycles. The SMILES string of the molecule is COC(=O)[C@H](C)NC(=O)CC1COCCN1.Cl. The predicted molar refractivity (Wildman–Crippen MR) is 64.1 cm³/mol. The van der Waals surface area contributed by atoms with Gasteiger partial charge in [0.2, 0.25) is 5.91 Å². The highest BCUT2D eigenvalue weighted by atomic mass is 35.5. The molecule has 0 aromatic rings. The van der Waals surface area contributed by atoms with Gasteiger partial charge in [0.15, 0.2) is 0 Å². The van der Waals surface area contributed by atoms with Crippen LogP contribution in [-0.4, -0.2) is 50.8 Å². The van der Waals surface area contributed by atoms with E-state index in [0.29, 0.717) is 19.6 Å². The third kappa shape index (κ3) is 5.86. The van der Waals surface area contributed by atoms with Crippen LogP contribution in [0.4, 0.5) is 0 Å². The van der Waals surface area contributed by atoms with Gasteiger partial charge in [-0.25, -0.2) is 4.79 Å². The summed E-state index contributed by atoms with van der Waals surface area (Å²) in [5.74, 6) is -0.623. The number of hydrogen-bond donors (Lipinski definition) is 2. The Kier molecular flexibility index (Phi) is 7.86. The molecule has 17 heavy (non-hydrogen) atoms. The topological polar surface area (TPSA) is 76.7 Å². The standard InChI is InChI=1S/C10H18N2O4.ClH/c1-7(10(14)15-2)12-9(13)5-8-6-16-4-3-11-8;/h7-8,11H,3-6H2,1-2H3,(H,12,13);1H/t7-,8?;/m0./s1. The molecule has 0 aromatic carbocycles. The van der Waals surface area contributed by atoms with E-state index < -0.39 is 12.0 Å². The van der Waals surface area contributed by atoms with E-state index in [1.165, 1.54) is 7.11 Å². The lowest BCUT2D eigenvalue weighted by atomic mass is 10.2. The van der Waals surface area contributed by atoms with Crippen LogP contribution in [0.25, 0.3) is 0 Å². The van der Waals surface area contributed by atoms with Gasteiger partial charge in [-0.05, 0) is 6.92 Å². The summed E-state index contributed by atoms with van der Waals surface area (Å²) < 4.78 is 9.73. The van der Waals surface area contributed by atoms with Crippen molar-refractivity contribution in [2.75, 3.05) is 26.9 Å². The molecule has 2 N–H and O–H groups in total. The Bertz CT molecular complexity index is 257. The van der Waals surface area contributed by atoms with E-state index in [9.17, 15) is 9.59 Å². The Hall–Kier alpha value is -0.850. The van der Waals surface area contributed by atoms with Gasteiger partial charge in [-0.15, -0.1) is 12.4 Å². The van der Waals surface area contributed by atoms with E-state index in [-0.39, 0.29) is 24.4 Å². The zero-order chi connectivity index (χ0) is 12.0. The van der Waals surface area contributed by atoms with E-state index in [0.717, 1.165) is 6.54 Å². The number of ether oxygens (including phenoxy) is 2. The number of esters is 1. The van der Waals surface area contributed by atoms with Gasteiger partial charge in [0, 0.05) is 19.0 Å². The molecular formula is C10H19ClN2O4. The lowest BCUT2D eigenvalue weighted by molar-refractivity contribution is -0.144. The number of carbonyl (C=O) groups excluding carboxylic acids is 2. The summed E-state index contributed by atoms with van der Waals surface area (Å²) in [6.45, 7) is 3.55. The minimum Gasteiger partial charge on any atom is -0.467 e. The van der Waals surface area contributed by atoms with Gasteiger partial charge < -0.3 is 20.1 Å². The lowest BCUT2D eigenvalue weighted by Gasteiger charge is -2.23. The predicted octanol–water partition coefficient (Wildman–Crippen LogP) is -0.536. The van der Waals surface area contributed by atoms with E-state index in [4.69, 9.17) is 4.74 Å². The molecule has 100 valence electrons. The van der Waals surface area contributed by atoms with Crippen LogP contribution < -0.4 is 10.6 Å². The number of hydrogen-bond acceptors (Lipinski definition) is 5. The number of rotatable bonds is 4. The molecule has 0 aliphatic carbocycles. The summed E-state index contributed by atoms with van der Waals surface area (Å²) in [7, 11) is 1.29. The fourth-order valence-corrected chi connectivity index (χ4v) is 1.51. The van der Waals surface area contributed by atoms with Gasteiger partial charge in [-0.2, -0.15) is 0 Å². The second-order valence-electron chi connectivity index (χ2n) is 3.74. The van der Waals surface area contributed by atoms with Crippen LogP contribution >= 0.6 is 12.4 Å². The molecule has 1 fully saturated rings. The van der Waals surface area contributed by atoms with Crippen molar-refractivity contribution in [1.29, 1.82) is 0 Å². The average molecular weight is 267 g/mol. The summed E-state index contributed by atoms with van der Waals surface area (Å²) in [5, 5.41) is 5.73. The molecule has 1 rings (SSSR count). The summed E-state index contributed by atoms with van der Waals surface area (Å²) in [6.07, 6.45) is 0.307. The molecule has 1 aliphatic heterocycles. The molecule has 1 saturated heterocycles. The van der Waals surface area contributed by atoms with E-state index in [1.54, 1.807) is 6.92 Å². The normalized spacial score (nSPS) is 20.9. The van der Waals surface area contributed by atoms with E-state index in [1.807, 2.05) is 0 Å². The molecule has 1 aliphatic rings. The third-order valence-electron chi connectivity index (χ3n) is 2.36. The molecule has 0 radical (unpaired) electrons. The number of carbonyl (C=O) groups is 2. The Morgan fingerprint density at radius 2 is 2.29 bits per heavy atom. The van der Waals surface area contributed by atoms with Crippen molar-refractivity contribution >= 4 is 24.3 Å². The van der Waals surface area contributed by atoms with Gasteiger partial charge in [0.25, 0.3) is 0 Å². The number of amides is 1. The minimum absolute atomic E-state index is 0. The highest BCUT2D eigenvalue weighted by Crippen LogP contribution is 1.99. The highest BCUT2D eigenvalue weighted by molar-refractivity contribution is 5.85. The molecule has 0 bridgehead atoms. The fourth-order valence-electron chi connectivity index (χ4n) is 1.51. The Labute approximate surface area is 107 Å². The van der Waals surface area contributed by atoms with Crippen molar-refractivity contribution in [2.45, 2.75) is 25.4 Å². The largest absolute Gasteiger partial charge is 0.467 e. The smallest absolute Gasteiger partial charge is 0.328 e. The van der Waals surface area contributed by atoms with Gasteiger partial charge in [0.05, 0.1) is 20.3 Å². The van der Waals surface area contributed by atoms with Crippen LogP contribution in [0, 0.1) is 0 Å². The van der Waals surface area contributed by atoms with Crippen LogP contribution in [0.3, 0.4) is 0 Å². The minimum atomic E-state index is -0.609. The van der Waals surface area contributed by atoms with Crippen LogP contribution in [0.2, 0.25) is 0 Å². The lowest BCUT2D eigenvalue weighted by Crippen LogP contribution is -2.46. The first-order chi connectivity index (χ1) is 7.63. The van der Waals surface area contributed by atoms with Crippen molar-refractivity contribution in [2.24, 2.45) is 0 Å². The summed E-state index contributed by atoms with van der Waals surface area (Å²) in [6, 6.07) is -0.583. The first-order valence-electron chi connectivity index (χ1n) is 5.31. The highest BCUT2D eigenvalue weighted by Gasteiger charge is 2.20. The van der Waals surface area contributed by atoms with Crippen molar-refractivity contribution < 1.29 is 19.1 Å². The number of methoxy groups -OCH3 is 1. The molecule has 1 amide bonds. The molecular weight excluding hydrogens is 248 g/mol. The Morgan fingerprint density at radius 3 is 2.82 bits per heavy atom. The van der Waals surface area contributed by atoms with Gasteiger partial charge in [-0.3, -0.25) is 4.79 Å². The van der Waals surface area contributed by atoms with E-state index >= 15 is 0 Å². The maximum Gasteiger partial charge on any atom is 0.328 e. The summed E-state index contributed by atoms with van der Waals surface area (Å²) >= 11 is 0. The number of halogens is 1. The first-order valence-corrected chi connectivity index (χ1v) is 5.31. The summed E-state index contributed by atoms with van der Waals surface area (Å²) in [5.41, 5.74) is 0. The monoisotopic (exact) mass is 266 g/mol. The number of morpholine rings is 1. The molecule has 7 heteroatoms. The zero-order valence-electron chi connectivity index (χ0n) is 10.0. The first kappa shape index (κ1) is 16.1. The Morgan fingerprint density at radius 1 is 1.59 bits per heavy atom. The molecule has 2 atom stereocenters. The van der Waals surface area contributed by atoms with Crippen molar-refractivity contribution in [1.82, 2.24) is 10.6 Å². The van der Waals surface area contributed by atoms with E-state index in [2.05, 4.69) is 15.4 Å². The quantitative estimate of drug-likeness (QED) is 0.669. The van der Waals surface area contributed by atoms with Gasteiger partial charge in [0.1, 0.15) is 6.04 Å². The number of nitrogens with one attached hydrogen (secondary N) is 2. The van der Waals surface area contributed by atoms with Crippen LogP contribution in [-0.2, 0) is 19.1 Å². The van der Waals surface area contributed by atoms with Crippen LogP contribution in [0.1, 0.15) is 13.3 Å². The maximum absolute atomic E-state index is 11.5. The van der Waals surface area contributed by atoms with Crippen molar-refractivity contribution in [3.63, 3.8) is 0 Å². The molecule has 0 saturated carbocycles. The molecule has 0 spiro atoms. The van der Waals surface area contributed by atoms with Crippen LogP contribution in [0.5, 0.6) is 0 Å². The molecule has 1 unspecified atom stereocenters. The van der Waals surface area contributed by atoms with Gasteiger partial charge in [-0.1, -0.05) is 0 Å². The molecule has 0 aromatic heterocycles. The fraction of sp³-hybridized carbons (Fsp3) is 0.800.